The number of hydrogen-bond acceptors (Lipinski definition) is 4. The third kappa shape index (κ3) is 2.90. The van der Waals surface area contributed by atoms with Gasteiger partial charge in [-0.3, -0.25) is 4.79 Å². The molecule has 23 heavy (non-hydrogen) atoms. The van der Waals surface area contributed by atoms with Gasteiger partial charge in [0.05, 0.1) is 12.0 Å². The molecule has 1 amide bonds. The molecule has 0 aliphatic carbocycles. The molecular weight excluding hydrogens is 310 g/mol. The van der Waals surface area contributed by atoms with Gasteiger partial charge in [-0.1, -0.05) is 44.2 Å². The van der Waals surface area contributed by atoms with E-state index in [1.165, 1.54) is 0 Å². The lowest BCUT2D eigenvalue weighted by atomic mass is 9.85. The van der Waals surface area contributed by atoms with Crippen LogP contribution in [0.3, 0.4) is 0 Å². The van der Waals surface area contributed by atoms with E-state index in [1.54, 1.807) is 16.7 Å². The van der Waals surface area contributed by atoms with E-state index < -0.39 is 0 Å². The normalized spacial score (nSPS) is 22.9. The quantitative estimate of drug-likeness (QED) is 0.592. The molecular formula is C18H21NO3S. The van der Waals surface area contributed by atoms with Crippen LogP contribution in [0, 0.1) is 5.92 Å². The van der Waals surface area contributed by atoms with Crippen molar-refractivity contribution >= 4 is 23.6 Å². The predicted octanol–water partition coefficient (Wildman–Crippen LogP) is 3.34. The van der Waals surface area contributed by atoms with Crippen molar-refractivity contribution in [3.8, 4) is 0 Å². The number of benzene rings is 1. The van der Waals surface area contributed by atoms with Crippen LogP contribution in [0.15, 0.2) is 40.9 Å². The predicted molar refractivity (Wildman–Crippen MR) is 90.4 cm³/mol. The van der Waals surface area contributed by atoms with Crippen LogP contribution in [-0.4, -0.2) is 28.6 Å². The first-order valence-corrected chi connectivity index (χ1v) is 9.06. The summed E-state index contributed by atoms with van der Waals surface area (Å²) in [5.74, 6) is 0.629. The number of hydrogen-bond donors (Lipinski definition) is 0. The van der Waals surface area contributed by atoms with Crippen molar-refractivity contribution in [1.29, 1.82) is 0 Å². The molecule has 2 unspecified atom stereocenters. The molecule has 1 saturated heterocycles. The molecule has 1 aromatic rings. The molecule has 0 radical (unpaired) electrons. The zero-order valence-electron chi connectivity index (χ0n) is 13.5. The summed E-state index contributed by atoms with van der Waals surface area (Å²) in [5, 5.41) is 0. The third-order valence-electron chi connectivity index (χ3n) is 4.41. The Labute approximate surface area is 140 Å². The number of amides is 1. The van der Waals surface area contributed by atoms with Crippen molar-refractivity contribution in [3.63, 3.8) is 0 Å². The second-order valence-electron chi connectivity index (χ2n) is 5.76. The van der Waals surface area contributed by atoms with Gasteiger partial charge in [0.15, 0.2) is 0 Å². The summed E-state index contributed by atoms with van der Waals surface area (Å²) in [6, 6.07) is 9.75. The lowest BCUT2D eigenvalue weighted by Crippen LogP contribution is -2.58. The zero-order valence-corrected chi connectivity index (χ0v) is 14.3. The van der Waals surface area contributed by atoms with E-state index in [0.29, 0.717) is 5.70 Å². The first-order valence-electron chi connectivity index (χ1n) is 8.07. The number of carbonyl (C=O) groups excluding carboxylic acids is 2. The van der Waals surface area contributed by atoms with Crippen LogP contribution in [0.1, 0.15) is 32.3 Å². The van der Waals surface area contributed by atoms with Crippen LogP contribution >= 0.6 is 11.8 Å². The van der Waals surface area contributed by atoms with Gasteiger partial charge in [0.2, 0.25) is 5.91 Å². The van der Waals surface area contributed by atoms with Gasteiger partial charge < -0.3 is 9.64 Å². The molecule has 2 aliphatic rings. The van der Waals surface area contributed by atoms with Crippen molar-refractivity contribution in [1.82, 2.24) is 4.90 Å². The van der Waals surface area contributed by atoms with Crippen LogP contribution in [0.4, 0.5) is 0 Å². The molecule has 2 atom stereocenters. The average Bonchev–Trinajstić information content (AvgIpc) is 2.89. The van der Waals surface area contributed by atoms with Gasteiger partial charge in [0, 0.05) is 11.3 Å². The van der Waals surface area contributed by atoms with E-state index in [2.05, 4.69) is 6.92 Å². The molecule has 0 bridgehead atoms. The van der Waals surface area contributed by atoms with Crippen molar-refractivity contribution in [2.75, 3.05) is 5.75 Å². The highest BCUT2D eigenvalue weighted by atomic mass is 32.2. The summed E-state index contributed by atoms with van der Waals surface area (Å²) in [5.41, 5.74) is 1.43. The molecule has 1 aromatic carbocycles. The number of fused-ring (bicyclic) bond motifs is 1. The molecule has 0 spiro atoms. The molecule has 0 saturated carbocycles. The Morgan fingerprint density at radius 2 is 2.04 bits per heavy atom. The minimum Gasteiger partial charge on any atom is -0.456 e. The molecule has 0 aromatic heterocycles. The summed E-state index contributed by atoms with van der Waals surface area (Å²) in [6.07, 6.45) is 1.62. The van der Waals surface area contributed by atoms with E-state index in [-0.39, 0.29) is 30.4 Å². The summed E-state index contributed by atoms with van der Waals surface area (Å²) in [6.45, 7) is 4.31. The smallest absolute Gasteiger partial charge is 0.356 e. The molecule has 2 aliphatic heterocycles. The topological polar surface area (TPSA) is 46.6 Å². The first kappa shape index (κ1) is 16.1. The Morgan fingerprint density at radius 1 is 1.30 bits per heavy atom. The van der Waals surface area contributed by atoms with Crippen LogP contribution in [-0.2, 0) is 20.9 Å². The maximum atomic E-state index is 12.5. The van der Waals surface area contributed by atoms with Crippen LogP contribution < -0.4 is 0 Å². The zero-order chi connectivity index (χ0) is 16.4. The highest BCUT2D eigenvalue weighted by Crippen LogP contribution is 2.47. The lowest BCUT2D eigenvalue weighted by Gasteiger charge is -2.43. The Kier molecular flexibility index (Phi) is 4.76. The van der Waals surface area contributed by atoms with Gasteiger partial charge in [-0.25, -0.2) is 4.79 Å². The summed E-state index contributed by atoms with van der Waals surface area (Å²) in [4.78, 5) is 27.5. The summed E-state index contributed by atoms with van der Waals surface area (Å²) < 4.78 is 5.45. The minimum absolute atomic E-state index is 0.0573. The molecule has 3 rings (SSSR count). The Morgan fingerprint density at radius 3 is 2.70 bits per heavy atom. The Hall–Kier alpha value is -1.75. The largest absolute Gasteiger partial charge is 0.456 e. The fourth-order valence-electron chi connectivity index (χ4n) is 3.29. The summed E-state index contributed by atoms with van der Waals surface area (Å²) >= 11 is 1.64. The number of nitrogens with zero attached hydrogens (tertiary/aromatic N) is 1. The van der Waals surface area contributed by atoms with Crippen molar-refractivity contribution < 1.29 is 14.3 Å². The van der Waals surface area contributed by atoms with E-state index in [4.69, 9.17) is 4.74 Å². The molecule has 4 nitrogen and oxygen atoms in total. The number of rotatable bonds is 6. The number of β-lactam (4-membered cyclic amide) rings is 1. The highest BCUT2D eigenvalue weighted by molar-refractivity contribution is 8.03. The minimum atomic E-state index is -0.379. The molecule has 1 fully saturated rings. The fraction of sp³-hybridized carbons (Fsp3) is 0.444. The third-order valence-corrected chi connectivity index (χ3v) is 5.41. The van der Waals surface area contributed by atoms with E-state index in [1.807, 2.05) is 37.3 Å². The van der Waals surface area contributed by atoms with Crippen molar-refractivity contribution in [3.05, 3.63) is 46.5 Å². The van der Waals surface area contributed by atoms with Crippen molar-refractivity contribution in [2.24, 2.45) is 5.92 Å². The second-order valence-corrected chi connectivity index (χ2v) is 7.12. The average molecular weight is 331 g/mol. The molecule has 5 heteroatoms. The van der Waals surface area contributed by atoms with Crippen LogP contribution in [0.25, 0.3) is 0 Å². The van der Waals surface area contributed by atoms with E-state index in [0.717, 1.165) is 29.1 Å². The van der Waals surface area contributed by atoms with E-state index >= 15 is 0 Å². The number of thioether (sulfide) groups is 1. The highest BCUT2D eigenvalue weighted by Gasteiger charge is 2.54. The maximum absolute atomic E-state index is 12.5. The summed E-state index contributed by atoms with van der Waals surface area (Å²) in [7, 11) is 0. The first-order chi connectivity index (χ1) is 11.2. The molecule has 122 valence electrons. The van der Waals surface area contributed by atoms with E-state index in [9.17, 15) is 9.59 Å². The number of carbonyl (C=O) groups is 2. The van der Waals surface area contributed by atoms with Gasteiger partial charge in [0.25, 0.3) is 0 Å². The number of ether oxygens (including phenoxy) is 1. The van der Waals surface area contributed by atoms with Gasteiger partial charge in [-0.15, -0.1) is 11.8 Å². The van der Waals surface area contributed by atoms with Gasteiger partial charge in [-0.05, 0) is 17.7 Å². The SMILES string of the molecule is CCSC1=C(C(=O)OCc2ccccc2)N2C(=O)C(CC)C2C1. The monoisotopic (exact) mass is 331 g/mol. The molecule has 2 heterocycles. The van der Waals surface area contributed by atoms with Gasteiger partial charge in [0.1, 0.15) is 12.3 Å². The second kappa shape index (κ2) is 6.79. The Balaban J connectivity index is 1.74. The lowest BCUT2D eigenvalue weighted by molar-refractivity contribution is -0.157. The van der Waals surface area contributed by atoms with Crippen LogP contribution in [0.5, 0.6) is 0 Å². The standard InChI is InChI=1S/C18H21NO3S/c1-3-13-14-10-15(23-4-2)16(19(14)17(13)20)18(21)22-11-12-8-6-5-7-9-12/h5-9,13-14H,3-4,10-11H2,1-2H3. The van der Waals surface area contributed by atoms with Crippen LogP contribution in [0.2, 0.25) is 0 Å². The van der Waals surface area contributed by atoms with Gasteiger partial charge in [-0.2, -0.15) is 0 Å². The fourth-order valence-corrected chi connectivity index (χ4v) is 4.24. The number of esters is 1. The van der Waals surface area contributed by atoms with Crippen molar-refractivity contribution in [2.45, 2.75) is 39.3 Å². The van der Waals surface area contributed by atoms with Gasteiger partial charge >= 0.3 is 5.97 Å². The Bertz CT molecular complexity index is 641. The molecule has 0 N–H and O–H groups in total. The maximum Gasteiger partial charge on any atom is 0.356 e.